The molecule has 0 aliphatic carbocycles. The summed E-state index contributed by atoms with van der Waals surface area (Å²) in [6.45, 7) is 5.53. The molecule has 24 heteroatoms. The van der Waals surface area contributed by atoms with Crippen LogP contribution in [0.25, 0.3) is 0 Å². The fourth-order valence-electron chi connectivity index (χ4n) is 10.0. The summed E-state index contributed by atoms with van der Waals surface area (Å²) in [6, 6.07) is 2.05. The highest BCUT2D eigenvalue weighted by atomic mass is 31.1. The molecule has 1 heterocycles. The largest absolute Gasteiger partial charge is 0.464 e. The Kier molecular flexibility index (Phi) is 13.4. The molecule has 6 aromatic rings. The molecule has 1 nitrogen and oxygen atoms in total. The molecule has 1 saturated heterocycles. The second-order valence-corrected chi connectivity index (χ2v) is 18.9. The van der Waals surface area contributed by atoms with Crippen molar-refractivity contribution in [3.8, 4) is 0 Å². The zero-order chi connectivity index (χ0) is 51.5. The van der Waals surface area contributed by atoms with Gasteiger partial charge in [0.25, 0.3) is 0 Å². The molecule has 0 aromatic heterocycles. The highest BCUT2D eigenvalue weighted by Gasteiger charge is 2.59. The number of aryl methyl sites for hydroxylation is 6. The zero-order valence-corrected chi connectivity index (χ0v) is 36.6. The van der Waals surface area contributed by atoms with Gasteiger partial charge in [0, 0.05) is 5.46 Å². The van der Waals surface area contributed by atoms with Crippen molar-refractivity contribution in [3.05, 3.63) is 174 Å². The predicted octanol–water partition coefficient (Wildman–Crippen LogP) is 10.1. The normalized spacial score (nSPS) is 15.4. The molecule has 7 rings (SSSR count). The van der Waals surface area contributed by atoms with Gasteiger partial charge in [-0.15, -0.1) is 16.4 Å². The standard InChI is InChI=1S/C45H26B2F20OP/c1-12-7-14(3)43(15(4)8-12)69(44-16(5)9-13(2)10-17(44)6)18-11-46(19-23(48)31(56)39(64)32(57)24(19)49)68-45(18)47(20-25(50)33(58)40(65)34(59)26(20)51,21-27(52)35(60)41(66)36(61)28(21)53)22-29(54)37(62)42(67)38(63)30(22)55/h7-10,18,45H,11H2,1-6H3/q-1/t18-,45-/m1/s1. The van der Waals surface area contributed by atoms with Gasteiger partial charge in [0.2, 0.25) is 0 Å². The molecule has 2 atom stereocenters. The lowest BCUT2D eigenvalue weighted by Crippen LogP contribution is -2.80. The Balaban J connectivity index is 1.88. The number of halogens is 20. The maximum Gasteiger partial charge on any atom is 0.330 e. The minimum Gasteiger partial charge on any atom is -0.464 e. The Bertz CT molecular complexity index is 2810. The van der Waals surface area contributed by atoms with Crippen LogP contribution in [0.2, 0.25) is 6.32 Å². The molecule has 1 fully saturated rings. The van der Waals surface area contributed by atoms with Gasteiger partial charge in [0.15, 0.2) is 81.4 Å². The van der Waals surface area contributed by atoms with Crippen LogP contribution >= 0.6 is 7.92 Å². The highest BCUT2D eigenvalue weighted by Crippen LogP contribution is 2.53. The first kappa shape index (κ1) is 51.3. The summed E-state index contributed by atoms with van der Waals surface area (Å²) >= 11 is 0. The summed E-state index contributed by atoms with van der Waals surface area (Å²) in [4.78, 5) is 0. The molecular weight excluding hydrogens is 989 g/mol. The Morgan fingerprint density at radius 1 is 0.377 bits per heavy atom. The van der Waals surface area contributed by atoms with Gasteiger partial charge >= 0.3 is 6.92 Å². The van der Waals surface area contributed by atoms with Crippen LogP contribution in [0.5, 0.6) is 0 Å². The van der Waals surface area contributed by atoms with Gasteiger partial charge in [-0.3, -0.25) is 0 Å². The molecule has 1 aliphatic heterocycles. The summed E-state index contributed by atoms with van der Waals surface area (Å²) < 4.78 is 324. The van der Waals surface area contributed by atoms with Crippen LogP contribution in [-0.4, -0.2) is 24.7 Å². The molecular formula is C45H26B2F20OP-. The first-order chi connectivity index (χ1) is 32.1. The maximum absolute atomic E-state index is 17.0. The first-order valence-corrected chi connectivity index (χ1v) is 21.3. The van der Waals surface area contributed by atoms with E-state index in [0.717, 1.165) is 0 Å². The van der Waals surface area contributed by atoms with E-state index < -0.39 is 177 Å². The molecule has 0 amide bonds. The van der Waals surface area contributed by atoms with Crippen LogP contribution in [0.1, 0.15) is 33.4 Å². The Hall–Kier alpha value is -5.56. The summed E-state index contributed by atoms with van der Waals surface area (Å²) in [7, 11) is -3.05. The molecule has 6 aromatic carbocycles. The van der Waals surface area contributed by atoms with E-state index in [1.165, 1.54) is 52.0 Å². The van der Waals surface area contributed by atoms with Gasteiger partial charge in [-0.25, -0.2) is 87.8 Å². The monoisotopic (exact) mass is 1020 g/mol. The van der Waals surface area contributed by atoms with E-state index in [0.29, 0.717) is 11.1 Å². The van der Waals surface area contributed by atoms with Crippen molar-refractivity contribution in [2.45, 2.75) is 59.5 Å². The van der Waals surface area contributed by atoms with E-state index in [1.54, 1.807) is 13.8 Å². The van der Waals surface area contributed by atoms with Crippen molar-refractivity contribution in [3.63, 3.8) is 0 Å². The smallest absolute Gasteiger partial charge is 0.330 e. The fourth-order valence-corrected chi connectivity index (χ4v) is 13.7. The topological polar surface area (TPSA) is 9.23 Å². The minimum atomic E-state index is -6.65. The van der Waals surface area contributed by atoms with Gasteiger partial charge in [0.05, 0.1) is 0 Å². The molecule has 0 radical (unpaired) electrons. The van der Waals surface area contributed by atoms with E-state index in [-0.39, 0.29) is 32.9 Å². The van der Waals surface area contributed by atoms with Crippen LogP contribution in [0, 0.1) is 158 Å². The number of hydrogen-bond acceptors (Lipinski definition) is 1. The Morgan fingerprint density at radius 3 is 0.870 bits per heavy atom. The number of rotatable bonds is 8. The highest BCUT2D eigenvalue weighted by molar-refractivity contribution is 7.74. The second-order valence-electron chi connectivity index (χ2n) is 16.6. The average molecular weight is 1020 g/mol. The molecule has 0 spiro atoms. The molecule has 0 saturated carbocycles. The quantitative estimate of drug-likeness (QED) is 0.0486. The lowest BCUT2D eigenvalue weighted by Gasteiger charge is -2.51. The summed E-state index contributed by atoms with van der Waals surface area (Å²) in [5.41, 5.74) is -12.4. The number of hydrogen-bond donors (Lipinski definition) is 0. The average Bonchev–Trinajstić information content (AvgIpc) is 3.72. The molecule has 0 N–H and O–H groups in total. The van der Waals surface area contributed by atoms with Crippen LogP contribution in [0.3, 0.4) is 0 Å². The van der Waals surface area contributed by atoms with Crippen molar-refractivity contribution < 1.29 is 92.5 Å². The maximum atomic E-state index is 17.0. The van der Waals surface area contributed by atoms with E-state index >= 15 is 70.2 Å². The van der Waals surface area contributed by atoms with Crippen LogP contribution < -0.4 is 32.5 Å². The lowest BCUT2D eigenvalue weighted by atomic mass is 9.12. The summed E-state index contributed by atoms with van der Waals surface area (Å²) in [6.07, 6.45) is -8.16. The first-order valence-electron chi connectivity index (χ1n) is 19.9. The van der Waals surface area contributed by atoms with Crippen molar-refractivity contribution in [1.82, 2.24) is 0 Å². The van der Waals surface area contributed by atoms with E-state index in [4.69, 9.17) is 4.65 Å². The third kappa shape index (κ3) is 7.50. The van der Waals surface area contributed by atoms with Gasteiger partial charge in [-0.1, -0.05) is 41.4 Å². The zero-order valence-electron chi connectivity index (χ0n) is 35.7. The Morgan fingerprint density at radius 2 is 0.609 bits per heavy atom. The van der Waals surface area contributed by atoms with Gasteiger partial charge in [0.1, 0.15) is 41.0 Å². The van der Waals surface area contributed by atoms with Gasteiger partial charge in [-0.2, -0.15) is 0 Å². The van der Waals surface area contributed by atoms with E-state index in [1.807, 2.05) is 0 Å². The van der Waals surface area contributed by atoms with E-state index in [9.17, 15) is 17.6 Å². The van der Waals surface area contributed by atoms with Crippen molar-refractivity contribution in [1.29, 1.82) is 0 Å². The molecule has 364 valence electrons. The van der Waals surface area contributed by atoms with Crippen molar-refractivity contribution >= 4 is 53.4 Å². The van der Waals surface area contributed by atoms with Crippen LogP contribution in [-0.2, 0) is 4.65 Å². The Labute approximate surface area is 378 Å². The fraction of sp³-hybridized carbons (Fsp3) is 0.200. The minimum absolute atomic E-state index is 0.0424. The molecule has 0 unspecified atom stereocenters. The third-order valence-corrected chi connectivity index (χ3v) is 15.9. The second kappa shape index (κ2) is 18.0. The molecule has 69 heavy (non-hydrogen) atoms. The number of benzene rings is 6. The summed E-state index contributed by atoms with van der Waals surface area (Å²) in [5, 5.41) is -0.0847. The van der Waals surface area contributed by atoms with E-state index in [2.05, 4.69) is 0 Å². The third-order valence-electron chi connectivity index (χ3n) is 12.4. The molecule has 1 aliphatic rings. The molecule has 0 bridgehead atoms. The SMILES string of the molecule is Cc1cc(C)c(P(c2c(C)cc(C)cc2C)[C@@H]2CB(c3c(F)c(F)c(F)c(F)c3F)O[C@H]2[B-](c2c(F)c(F)c(F)c(F)c2F)(c2c(F)c(F)c(F)c(F)c2F)c2c(F)c(F)c(F)c(F)c2F)c(C)c1. The lowest BCUT2D eigenvalue weighted by molar-refractivity contribution is 0.309. The van der Waals surface area contributed by atoms with Gasteiger partial charge < -0.3 is 4.65 Å². The van der Waals surface area contributed by atoms with Crippen LogP contribution in [0.4, 0.5) is 87.8 Å². The predicted molar refractivity (Wildman–Crippen MR) is 216 cm³/mol. The summed E-state index contributed by atoms with van der Waals surface area (Å²) in [5.74, 6) is -63.7. The van der Waals surface area contributed by atoms with Crippen LogP contribution in [0.15, 0.2) is 24.3 Å². The van der Waals surface area contributed by atoms with Crippen molar-refractivity contribution in [2.75, 3.05) is 0 Å². The van der Waals surface area contributed by atoms with Gasteiger partial charge in [-0.05, 0) is 94.3 Å². The van der Waals surface area contributed by atoms with Crippen molar-refractivity contribution in [2.24, 2.45) is 0 Å².